The average Bonchev–Trinajstić information content (AvgIpc) is 2.00. The van der Waals surface area contributed by atoms with E-state index in [0.717, 1.165) is 0 Å². The van der Waals surface area contributed by atoms with Gasteiger partial charge >= 0.3 is 5.97 Å². The predicted octanol–water partition coefficient (Wildman–Crippen LogP) is 0.135. The number of nitrogens with zero attached hydrogens (tertiary/aromatic N) is 1. The highest BCUT2D eigenvalue weighted by Gasteiger charge is 2.19. The maximum absolute atomic E-state index is 11.3. The Morgan fingerprint density at radius 3 is 2.27 bits per heavy atom. The first kappa shape index (κ1) is 13.9. The number of likely N-dealkylation sites (N-methyl/N-ethyl adjacent to an activating group) is 1. The second kappa shape index (κ2) is 5.70. The maximum Gasteiger partial charge on any atom is 0.326 e. The van der Waals surface area contributed by atoms with Gasteiger partial charge in [-0.15, -0.1) is 0 Å². The van der Waals surface area contributed by atoms with E-state index in [9.17, 15) is 9.59 Å². The Morgan fingerprint density at radius 2 is 1.87 bits per heavy atom. The van der Waals surface area contributed by atoms with Crippen molar-refractivity contribution in [3.63, 3.8) is 0 Å². The molecule has 0 aromatic carbocycles. The molecule has 0 atom stereocenters. The average molecular weight is 216 g/mol. The third kappa shape index (κ3) is 6.90. The minimum atomic E-state index is -0.519. The van der Waals surface area contributed by atoms with Crippen LogP contribution < -0.4 is 5.73 Å². The monoisotopic (exact) mass is 216 g/mol. The van der Waals surface area contributed by atoms with Crippen molar-refractivity contribution in [1.82, 2.24) is 4.90 Å². The van der Waals surface area contributed by atoms with E-state index in [4.69, 9.17) is 10.5 Å². The van der Waals surface area contributed by atoms with Crippen molar-refractivity contribution in [2.24, 2.45) is 5.73 Å². The van der Waals surface area contributed by atoms with E-state index in [0.29, 0.717) is 0 Å². The summed E-state index contributed by atoms with van der Waals surface area (Å²) in [6, 6.07) is 0. The lowest BCUT2D eigenvalue weighted by Gasteiger charge is -2.22. The van der Waals surface area contributed by atoms with Crippen molar-refractivity contribution in [1.29, 1.82) is 0 Å². The van der Waals surface area contributed by atoms with Crippen LogP contribution in [0.3, 0.4) is 0 Å². The van der Waals surface area contributed by atoms with Gasteiger partial charge in [-0.2, -0.15) is 0 Å². The Morgan fingerprint density at radius 1 is 1.33 bits per heavy atom. The van der Waals surface area contributed by atoms with Crippen LogP contribution in [0.2, 0.25) is 0 Å². The van der Waals surface area contributed by atoms with E-state index in [1.54, 1.807) is 27.8 Å². The van der Waals surface area contributed by atoms with Crippen LogP contribution in [0.4, 0.5) is 0 Å². The number of amides is 1. The van der Waals surface area contributed by atoms with Gasteiger partial charge in [0.2, 0.25) is 5.91 Å². The maximum atomic E-state index is 11.3. The van der Waals surface area contributed by atoms with Crippen LogP contribution in [0.25, 0.3) is 0 Å². The number of hydrogen-bond acceptors (Lipinski definition) is 4. The van der Waals surface area contributed by atoms with Crippen molar-refractivity contribution >= 4 is 11.9 Å². The largest absolute Gasteiger partial charge is 0.459 e. The lowest BCUT2D eigenvalue weighted by Crippen LogP contribution is -2.36. The molecule has 0 aliphatic heterocycles. The minimum absolute atomic E-state index is 0.0316. The van der Waals surface area contributed by atoms with Crippen LogP contribution >= 0.6 is 0 Å². The molecule has 15 heavy (non-hydrogen) atoms. The molecule has 5 heteroatoms. The van der Waals surface area contributed by atoms with Crippen LogP contribution in [-0.2, 0) is 14.3 Å². The van der Waals surface area contributed by atoms with Gasteiger partial charge in [-0.3, -0.25) is 9.59 Å². The molecule has 1 amide bonds. The Labute approximate surface area is 90.6 Å². The molecule has 0 bridgehead atoms. The second-order valence-electron chi connectivity index (χ2n) is 4.37. The molecule has 0 aliphatic carbocycles. The molecule has 0 spiro atoms. The van der Waals surface area contributed by atoms with Crippen molar-refractivity contribution in [2.45, 2.75) is 32.8 Å². The Hall–Kier alpha value is -1.10. The standard InChI is InChI=1S/C10H20N2O3/c1-10(2,3)15-9(14)7-12(4)8(13)5-6-11/h5-7,11H2,1-4H3. The molecule has 0 aromatic heterocycles. The Bertz CT molecular complexity index is 233. The van der Waals surface area contributed by atoms with Gasteiger partial charge in [0.05, 0.1) is 0 Å². The summed E-state index contributed by atoms with van der Waals surface area (Å²) in [5.74, 6) is -0.557. The highest BCUT2D eigenvalue weighted by atomic mass is 16.6. The summed E-state index contributed by atoms with van der Waals surface area (Å²) in [6.45, 7) is 5.61. The topological polar surface area (TPSA) is 72.6 Å². The minimum Gasteiger partial charge on any atom is -0.459 e. The smallest absolute Gasteiger partial charge is 0.326 e. The Kier molecular flexibility index (Phi) is 5.28. The fourth-order valence-electron chi connectivity index (χ4n) is 0.970. The number of ether oxygens (including phenoxy) is 1. The van der Waals surface area contributed by atoms with Crippen molar-refractivity contribution in [3.8, 4) is 0 Å². The van der Waals surface area contributed by atoms with Crippen LogP contribution in [0, 0.1) is 0 Å². The van der Waals surface area contributed by atoms with Crippen LogP contribution in [0.5, 0.6) is 0 Å². The van der Waals surface area contributed by atoms with Crippen molar-refractivity contribution in [2.75, 3.05) is 20.1 Å². The number of esters is 1. The molecule has 0 aliphatic rings. The summed E-state index contributed by atoms with van der Waals surface area (Å²) in [5.41, 5.74) is 4.72. The van der Waals surface area contributed by atoms with Gasteiger partial charge in [0.1, 0.15) is 12.1 Å². The van der Waals surface area contributed by atoms with E-state index in [1.807, 2.05) is 0 Å². The van der Waals surface area contributed by atoms with Gasteiger partial charge in [-0.25, -0.2) is 0 Å². The van der Waals surface area contributed by atoms with E-state index < -0.39 is 11.6 Å². The first-order valence-electron chi connectivity index (χ1n) is 4.92. The number of carbonyl (C=O) groups is 2. The second-order valence-corrected chi connectivity index (χ2v) is 4.37. The summed E-state index contributed by atoms with van der Waals surface area (Å²) in [4.78, 5) is 23.9. The number of rotatable bonds is 4. The van der Waals surface area contributed by atoms with E-state index in [2.05, 4.69) is 0 Å². The third-order valence-electron chi connectivity index (χ3n) is 1.57. The summed E-state index contributed by atoms with van der Waals surface area (Å²) in [6.07, 6.45) is 0.249. The number of carbonyl (C=O) groups excluding carboxylic acids is 2. The molecule has 0 saturated heterocycles. The highest BCUT2D eigenvalue weighted by molar-refractivity contribution is 5.82. The molecule has 0 saturated carbocycles. The molecule has 0 rings (SSSR count). The zero-order chi connectivity index (χ0) is 12.1. The lowest BCUT2D eigenvalue weighted by atomic mass is 10.2. The van der Waals surface area contributed by atoms with Gasteiger partial charge in [-0.05, 0) is 20.8 Å². The first-order valence-corrected chi connectivity index (χ1v) is 4.92. The van der Waals surface area contributed by atoms with Gasteiger partial charge in [0, 0.05) is 20.0 Å². The molecular formula is C10H20N2O3. The number of nitrogens with two attached hydrogens (primary N) is 1. The molecule has 88 valence electrons. The zero-order valence-corrected chi connectivity index (χ0v) is 9.87. The third-order valence-corrected chi connectivity index (χ3v) is 1.57. The summed E-state index contributed by atoms with van der Waals surface area (Å²) >= 11 is 0. The summed E-state index contributed by atoms with van der Waals surface area (Å²) < 4.78 is 5.07. The van der Waals surface area contributed by atoms with E-state index >= 15 is 0 Å². The number of hydrogen-bond donors (Lipinski definition) is 1. The van der Waals surface area contributed by atoms with Crippen LogP contribution in [0.1, 0.15) is 27.2 Å². The van der Waals surface area contributed by atoms with Gasteiger partial charge in [0.15, 0.2) is 0 Å². The molecule has 0 unspecified atom stereocenters. The van der Waals surface area contributed by atoms with E-state index in [-0.39, 0.29) is 25.4 Å². The first-order chi connectivity index (χ1) is 6.76. The zero-order valence-electron chi connectivity index (χ0n) is 9.87. The van der Waals surface area contributed by atoms with Gasteiger partial charge in [0.25, 0.3) is 0 Å². The molecule has 0 fully saturated rings. The molecule has 0 heterocycles. The lowest BCUT2D eigenvalue weighted by molar-refractivity contribution is -0.158. The van der Waals surface area contributed by atoms with Crippen molar-refractivity contribution in [3.05, 3.63) is 0 Å². The SMILES string of the molecule is CN(CC(=O)OC(C)(C)C)C(=O)CCN. The fourth-order valence-corrected chi connectivity index (χ4v) is 0.970. The predicted molar refractivity (Wildman–Crippen MR) is 57.2 cm³/mol. The quantitative estimate of drug-likeness (QED) is 0.678. The fraction of sp³-hybridized carbons (Fsp3) is 0.800. The van der Waals surface area contributed by atoms with Crippen molar-refractivity contribution < 1.29 is 14.3 Å². The molecule has 0 radical (unpaired) electrons. The van der Waals surface area contributed by atoms with Crippen LogP contribution in [-0.4, -0.2) is 42.5 Å². The van der Waals surface area contributed by atoms with Crippen LogP contribution in [0.15, 0.2) is 0 Å². The summed E-state index contributed by atoms with van der Waals surface area (Å²) in [7, 11) is 1.56. The van der Waals surface area contributed by atoms with Gasteiger partial charge in [-0.1, -0.05) is 0 Å². The Balaban J connectivity index is 4.02. The summed E-state index contributed by atoms with van der Waals surface area (Å²) in [5, 5.41) is 0. The highest BCUT2D eigenvalue weighted by Crippen LogP contribution is 2.07. The normalized spacial score (nSPS) is 11.0. The molecule has 5 nitrogen and oxygen atoms in total. The molecular weight excluding hydrogens is 196 g/mol. The van der Waals surface area contributed by atoms with E-state index in [1.165, 1.54) is 4.90 Å². The molecule has 0 aromatic rings. The van der Waals surface area contributed by atoms with Gasteiger partial charge < -0.3 is 15.4 Å². The molecule has 2 N–H and O–H groups in total.